The van der Waals surface area contributed by atoms with E-state index in [2.05, 4.69) is 20.4 Å². The first-order valence-electron chi connectivity index (χ1n) is 8.32. The van der Waals surface area contributed by atoms with Crippen molar-refractivity contribution in [3.63, 3.8) is 0 Å². The molecule has 5 rings (SSSR count). The fraction of sp³-hybridized carbons (Fsp3) is 0.294. The summed E-state index contributed by atoms with van der Waals surface area (Å²) in [6.07, 6.45) is 6.54. The maximum Gasteiger partial charge on any atom is 0.272 e. The highest BCUT2D eigenvalue weighted by molar-refractivity contribution is 7.15. The van der Waals surface area contributed by atoms with Gasteiger partial charge in [0, 0.05) is 30.5 Å². The van der Waals surface area contributed by atoms with Gasteiger partial charge in [0.05, 0.1) is 11.2 Å². The lowest BCUT2D eigenvalue weighted by Crippen LogP contribution is -2.26. The molecule has 25 heavy (non-hydrogen) atoms. The maximum atomic E-state index is 12.6. The van der Waals surface area contributed by atoms with Crippen molar-refractivity contribution in [2.75, 3.05) is 6.54 Å². The lowest BCUT2D eigenvalue weighted by molar-refractivity contribution is 0.0951. The number of hydrogen-bond acceptors (Lipinski definition) is 5. The second-order valence-electron chi connectivity index (χ2n) is 6.24. The molecule has 0 spiro atoms. The highest BCUT2D eigenvalue weighted by Crippen LogP contribution is 2.39. The molecular weight excluding hydrogens is 336 g/mol. The fourth-order valence-corrected chi connectivity index (χ4v) is 3.92. The molecule has 0 atom stereocenters. The number of nitrogens with one attached hydrogen (secondary N) is 1. The van der Waals surface area contributed by atoms with E-state index in [1.54, 1.807) is 17.7 Å². The van der Waals surface area contributed by atoms with E-state index >= 15 is 0 Å². The Morgan fingerprint density at radius 2 is 2.28 bits per heavy atom. The van der Waals surface area contributed by atoms with Crippen molar-refractivity contribution in [2.24, 2.45) is 0 Å². The van der Waals surface area contributed by atoms with Gasteiger partial charge < -0.3 is 9.72 Å². The molecule has 0 bridgehead atoms. The minimum Gasteiger partial charge on any atom is -0.350 e. The number of imidazole rings is 1. The summed E-state index contributed by atoms with van der Waals surface area (Å²) in [6.45, 7) is 0.537. The molecule has 0 aliphatic heterocycles. The van der Waals surface area contributed by atoms with Crippen LogP contribution in [0.2, 0.25) is 0 Å². The van der Waals surface area contributed by atoms with Gasteiger partial charge in [0.25, 0.3) is 5.91 Å². The van der Waals surface area contributed by atoms with E-state index in [0.717, 1.165) is 34.8 Å². The lowest BCUT2D eigenvalue weighted by Gasteiger charge is -2.03. The number of amides is 1. The Balaban J connectivity index is 1.34. The molecule has 8 heteroatoms. The minimum atomic E-state index is -0.124. The topological polar surface area (TPSA) is 76.6 Å². The third-order valence-corrected chi connectivity index (χ3v) is 5.37. The molecule has 4 aromatic heterocycles. The molecule has 1 aliphatic rings. The van der Waals surface area contributed by atoms with Gasteiger partial charge in [-0.2, -0.15) is 5.10 Å². The largest absolute Gasteiger partial charge is 0.350 e. The summed E-state index contributed by atoms with van der Waals surface area (Å²) in [7, 11) is 0. The van der Waals surface area contributed by atoms with Gasteiger partial charge in [-0.25, -0.2) is 14.5 Å². The van der Waals surface area contributed by atoms with Gasteiger partial charge in [-0.3, -0.25) is 4.79 Å². The van der Waals surface area contributed by atoms with Gasteiger partial charge in [-0.05, 0) is 25.0 Å². The van der Waals surface area contributed by atoms with Gasteiger partial charge in [-0.15, -0.1) is 11.3 Å². The predicted molar refractivity (Wildman–Crippen MR) is 94.1 cm³/mol. The number of thiazole rings is 1. The second kappa shape index (κ2) is 5.66. The van der Waals surface area contributed by atoms with Crippen molar-refractivity contribution in [3.8, 4) is 0 Å². The van der Waals surface area contributed by atoms with Crippen LogP contribution < -0.4 is 5.32 Å². The summed E-state index contributed by atoms with van der Waals surface area (Å²) in [4.78, 5) is 22.3. The number of fused-ring (bicyclic) bond motifs is 2. The molecule has 1 fully saturated rings. The predicted octanol–water partition coefficient (Wildman–Crippen LogP) is 2.29. The van der Waals surface area contributed by atoms with Crippen LogP contribution in [0.5, 0.6) is 0 Å². The highest BCUT2D eigenvalue weighted by Gasteiger charge is 2.30. The SMILES string of the molecule is O=C(NCCc1csc2ncnn12)c1nc(C2CC2)n2ccccc12. The monoisotopic (exact) mass is 352 g/mol. The molecule has 0 unspecified atom stereocenters. The number of rotatable bonds is 5. The Hall–Kier alpha value is -2.74. The molecule has 0 radical (unpaired) electrons. The first-order valence-corrected chi connectivity index (χ1v) is 9.20. The smallest absolute Gasteiger partial charge is 0.272 e. The van der Waals surface area contributed by atoms with Crippen molar-refractivity contribution >= 4 is 27.7 Å². The summed E-state index contributed by atoms with van der Waals surface area (Å²) in [6, 6.07) is 5.87. The van der Waals surface area contributed by atoms with E-state index in [1.165, 1.54) is 0 Å². The van der Waals surface area contributed by atoms with Gasteiger partial charge in [-0.1, -0.05) is 6.07 Å². The van der Waals surface area contributed by atoms with Gasteiger partial charge >= 0.3 is 0 Å². The second-order valence-corrected chi connectivity index (χ2v) is 7.07. The zero-order chi connectivity index (χ0) is 16.8. The Bertz CT molecular complexity index is 1070. The van der Waals surface area contributed by atoms with Crippen LogP contribution in [0.25, 0.3) is 10.5 Å². The lowest BCUT2D eigenvalue weighted by atomic mass is 10.3. The molecule has 4 aromatic rings. The third-order valence-electron chi connectivity index (χ3n) is 4.49. The normalized spacial score (nSPS) is 14.4. The number of carbonyl (C=O) groups excluding carboxylic acids is 1. The number of aromatic nitrogens is 5. The molecule has 1 N–H and O–H groups in total. The van der Waals surface area contributed by atoms with Crippen molar-refractivity contribution in [1.29, 1.82) is 0 Å². The van der Waals surface area contributed by atoms with E-state index in [0.29, 0.717) is 24.6 Å². The Morgan fingerprint density at radius 1 is 1.36 bits per heavy atom. The highest BCUT2D eigenvalue weighted by atomic mass is 32.1. The van der Waals surface area contributed by atoms with E-state index in [4.69, 9.17) is 0 Å². The van der Waals surface area contributed by atoms with Gasteiger partial charge in [0.15, 0.2) is 5.69 Å². The third kappa shape index (κ3) is 2.49. The van der Waals surface area contributed by atoms with Crippen LogP contribution in [-0.4, -0.2) is 36.4 Å². The van der Waals surface area contributed by atoms with Crippen LogP contribution in [0.15, 0.2) is 36.1 Å². The first kappa shape index (κ1) is 14.6. The molecular formula is C17H16N6OS. The molecule has 0 aromatic carbocycles. The molecule has 1 saturated carbocycles. The van der Waals surface area contributed by atoms with Crippen LogP contribution >= 0.6 is 11.3 Å². The number of nitrogens with zero attached hydrogens (tertiary/aromatic N) is 5. The first-order chi connectivity index (χ1) is 12.3. The summed E-state index contributed by atoms with van der Waals surface area (Å²) in [5.74, 6) is 1.37. The van der Waals surface area contributed by atoms with Crippen molar-refractivity contribution in [1.82, 2.24) is 29.3 Å². The molecule has 126 valence electrons. The summed E-state index contributed by atoms with van der Waals surface area (Å²) in [5.41, 5.74) is 2.43. The van der Waals surface area contributed by atoms with Crippen molar-refractivity contribution in [2.45, 2.75) is 25.2 Å². The van der Waals surface area contributed by atoms with E-state index in [1.807, 2.05) is 38.7 Å². The molecule has 1 aliphatic carbocycles. The van der Waals surface area contributed by atoms with Crippen molar-refractivity contribution in [3.05, 3.63) is 53.3 Å². The quantitative estimate of drug-likeness (QED) is 0.598. The molecule has 0 saturated heterocycles. The fourth-order valence-electron chi connectivity index (χ4n) is 3.09. The number of hydrogen-bond donors (Lipinski definition) is 1. The molecule has 4 heterocycles. The minimum absolute atomic E-state index is 0.124. The summed E-state index contributed by atoms with van der Waals surface area (Å²) < 4.78 is 3.86. The van der Waals surface area contributed by atoms with Crippen molar-refractivity contribution < 1.29 is 4.79 Å². The van der Waals surface area contributed by atoms with Crippen LogP contribution in [0.4, 0.5) is 0 Å². The van der Waals surface area contributed by atoms with Crippen LogP contribution in [0.1, 0.15) is 40.8 Å². The Labute approximate surface area is 147 Å². The zero-order valence-corrected chi connectivity index (χ0v) is 14.2. The van der Waals surface area contributed by atoms with Crippen LogP contribution in [0, 0.1) is 0 Å². The Kier molecular flexibility index (Phi) is 3.30. The van der Waals surface area contributed by atoms with Crippen LogP contribution in [-0.2, 0) is 6.42 Å². The van der Waals surface area contributed by atoms with E-state index < -0.39 is 0 Å². The summed E-state index contributed by atoms with van der Waals surface area (Å²) in [5, 5.41) is 9.21. The zero-order valence-electron chi connectivity index (χ0n) is 13.4. The number of pyridine rings is 1. The average Bonchev–Trinajstić information content (AvgIpc) is 3.07. The van der Waals surface area contributed by atoms with Gasteiger partial charge in [0.2, 0.25) is 4.96 Å². The van der Waals surface area contributed by atoms with Crippen LogP contribution in [0.3, 0.4) is 0 Å². The Morgan fingerprint density at radius 3 is 3.16 bits per heavy atom. The molecule has 1 amide bonds. The van der Waals surface area contributed by atoms with E-state index in [-0.39, 0.29) is 5.91 Å². The average molecular weight is 352 g/mol. The van der Waals surface area contributed by atoms with Gasteiger partial charge in [0.1, 0.15) is 12.2 Å². The maximum absolute atomic E-state index is 12.6. The standard InChI is InChI=1S/C17H16N6OS/c24-16(18-7-6-12-9-25-17-19-10-20-23(12)17)14-13-3-1-2-8-22(13)15(21-14)11-4-5-11/h1-3,8-11H,4-7H2,(H,18,24). The number of carbonyl (C=O) groups is 1. The summed E-state index contributed by atoms with van der Waals surface area (Å²) >= 11 is 1.55. The molecule has 7 nitrogen and oxygen atoms in total. The van der Waals surface area contributed by atoms with E-state index in [9.17, 15) is 4.79 Å².